The molecule has 1 heterocycles. The minimum absolute atomic E-state index is 0.116. The quantitative estimate of drug-likeness (QED) is 0.346. The molecular formula is C32H30N2. The summed E-state index contributed by atoms with van der Waals surface area (Å²) in [4.78, 5) is 0. The third-order valence-electron chi connectivity index (χ3n) is 7.61. The topological polar surface area (TPSA) is 35.8 Å². The smallest absolute Gasteiger partial charge is 0.0994 e. The largest absolute Gasteiger partial charge is 0.317 e. The maximum atomic E-state index is 10.3. The van der Waals surface area contributed by atoms with Crippen LogP contribution in [0, 0.1) is 16.7 Å². The molecule has 1 N–H and O–H groups in total. The molecule has 0 unspecified atom stereocenters. The molecule has 1 saturated heterocycles. The lowest BCUT2D eigenvalue weighted by Crippen LogP contribution is -2.54. The SMILES string of the molecule is N#Cc1ccccc1C(c1ccccc1)(c1ccccc1)C1(Cc2ccccc2)CCNCC1. The van der Waals surface area contributed by atoms with Crippen LogP contribution in [-0.2, 0) is 11.8 Å². The van der Waals surface area contributed by atoms with Gasteiger partial charge in [0, 0.05) is 0 Å². The molecule has 5 rings (SSSR count). The summed E-state index contributed by atoms with van der Waals surface area (Å²) in [5.41, 5.74) is 5.11. The fraction of sp³-hybridized carbons (Fsp3) is 0.219. The van der Waals surface area contributed by atoms with Crippen LogP contribution < -0.4 is 5.32 Å². The molecule has 0 spiro atoms. The van der Waals surface area contributed by atoms with Gasteiger partial charge in [-0.25, -0.2) is 0 Å². The Bertz CT molecular complexity index is 1210. The summed E-state index contributed by atoms with van der Waals surface area (Å²) >= 11 is 0. The number of nitrogens with one attached hydrogen (secondary N) is 1. The molecule has 168 valence electrons. The molecule has 34 heavy (non-hydrogen) atoms. The van der Waals surface area contributed by atoms with E-state index in [1.54, 1.807) is 0 Å². The predicted octanol–water partition coefficient (Wildman–Crippen LogP) is 6.51. The van der Waals surface area contributed by atoms with Gasteiger partial charge in [-0.1, -0.05) is 109 Å². The summed E-state index contributed by atoms with van der Waals surface area (Å²) in [5, 5.41) is 13.9. The predicted molar refractivity (Wildman–Crippen MR) is 139 cm³/mol. The lowest BCUT2D eigenvalue weighted by molar-refractivity contribution is 0.122. The Labute approximate surface area is 202 Å². The zero-order valence-electron chi connectivity index (χ0n) is 19.5. The maximum Gasteiger partial charge on any atom is 0.0994 e. The van der Waals surface area contributed by atoms with Crippen molar-refractivity contribution in [1.82, 2.24) is 5.32 Å². The molecule has 4 aromatic carbocycles. The van der Waals surface area contributed by atoms with Crippen molar-refractivity contribution in [3.05, 3.63) is 143 Å². The first kappa shape index (κ1) is 22.1. The van der Waals surface area contributed by atoms with Crippen LogP contribution in [0.3, 0.4) is 0 Å². The molecule has 0 aromatic heterocycles. The summed E-state index contributed by atoms with van der Waals surface area (Å²) in [6, 6.07) is 43.4. The molecule has 0 bridgehead atoms. The first-order valence-corrected chi connectivity index (χ1v) is 12.2. The normalized spacial score (nSPS) is 15.4. The summed E-state index contributed by atoms with van der Waals surface area (Å²) in [5.74, 6) is 0. The Morgan fingerprint density at radius 3 is 1.74 bits per heavy atom. The van der Waals surface area contributed by atoms with Crippen LogP contribution >= 0.6 is 0 Å². The lowest BCUT2D eigenvalue weighted by atomic mass is 9.48. The van der Waals surface area contributed by atoms with Gasteiger partial charge < -0.3 is 5.32 Å². The van der Waals surface area contributed by atoms with Crippen molar-refractivity contribution in [1.29, 1.82) is 5.26 Å². The third kappa shape index (κ3) is 3.73. The Morgan fingerprint density at radius 2 is 1.18 bits per heavy atom. The van der Waals surface area contributed by atoms with E-state index in [-0.39, 0.29) is 5.41 Å². The standard InChI is InChI=1S/C32H30N2/c33-25-27-14-10-11-19-30(27)32(28-15-6-2-7-16-28,29-17-8-3-9-18-29)31(20-22-34-23-21-31)24-26-12-4-1-5-13-26/h1-19,34H,20-24H2. The number of rotatable bonds is 6. The van der Waals surface area contributed by atoms with Crippen molar-refractivity contribution in [3.63, 3.8) is 0 Å². The van der Waals surface area contributed by atoms with Crippen LogP contribution in [0.25, 0.3) is 0 Å². The number of hydrogen-bond acceptors (Lipinski definition) is 2. The minimum atomic E-state index is -0.472. The van der Waals surface area contributed by atoms with Gasteiger partial charge in [-0.15, -0.1) is 0 Å². The van der Waals surface area contributed by atoms with Crippen LogP contribution in [0.1, 0.15) is 40.7 Å². The van der Waals surface area contributed by atoms with Gasteiger partial charge in [0.1, 0.15) is 0 Å². The van der Waals surface area contributed by atoms with E-state index in [9.17, 15) is 5.26 Å². The van der Waals surface area contributed by atoms with E-state index < -0.39 is 5.41 Å². The Balaban J connectivity index is 1.91. The van der Waals surface area contributed by atoms with Crippen LogP contribution in [0.4, 0.5) is 0 Å². The second kappa shape index (κ2) is 9.67. The highest BCUT2D eigenvalue weighted by Crippen LogP contribution is 2.58. The van der Waals surface area contributed by atoms with E-state index in [4.69, 9.17) is 0 Å². The monoisotopic (exact) mass is 442 g/mol. The van der Waals surface area contributed by atoms with Gasteiger partial charge in [0.25, 0.3) is 0 Å². The van der Waals surface area contributed by atoms with Crippen molar-refractivity contribution in [2.75, 3.05) is 13.1 Å². The van der Waals surface area contributed by atoms with Crippen LogP contribution in [0.15, 0.2) is 115 Å². The van der Waals surface area contributed by atoms with E-state index in [1.165, 1.54) is 16.7 Å². The van der Waals surface area contributed by atoms with Gasteiger partial charge in [-0.05, 0) is 66.1 Å². The average Bonchev–Trinajstić information content (AvgIpc) is 2.92. The Kier molecular flexibility index (Phi) is 6.30. The van der Waals surface area contributed by atoms with Gasteiger partial charge >= 0.3 is 0 Å². The van der Waals surface area contributed by atoms with Gasteiger partial charge in [0.05, 0.1) is 17.0 Å². The molecule has 0 saturated carbocycles. The molecular weight excluding hydrogens is 412 g/mol. The fourth-order valence-electron chi connectivity index (χ4n) is 6.24. The van der Waals surface area contributed by atoms with E-state index in [2.05, 4.69) is 115 Å². The fourth-order valence-corrected chi connectivity index (χ4v) is 6.24. The number of benzene rings is 4. The van der Waals surface area contributed by atoms with E-state index in [0.29, 0.717) is 0 Å². The summed E-state index contributed by atoms with van der Waals surface area (Å²) in [6.07, 6.45) is 2.98. The molecule has 0 aliphatic carbocycles. The third-order valence-corrected chi connectivity index (χ3v) is 7.61. The molecule has 1 aliphatic rings. The maximum absolute atomic E-state index is 10.3. The van der Waals surface area contributed by atoms with Crippen molar-refractivity contribution in [2.45, 2.75) is 24.7 Å². The highest BCUT2D eigenvalue weighted by molar-refractivity contribution is 5.58. The Hall–Kier alpha value is -3.67. The summed E-state index contributed by atoms with van der Waals surface area (Å²) in [6.45, 7) is 1.92. The lowest BCUT2D eigenvalue weighted by Gasteiger charge is -2.55. The summed E-state index contributed by atoms with van der Waals surface area (Å²) in [7, 11) is 0. The van der Waals surface area contributed by atoms with Crippen molar-refractivity contribution >= 4 is 0 Å². The van der Waals surface area contributed by atoms with Crippen LogP contribution in [-0.4, -0.2) is 13.1 Å². The first-order chi connectivity index (χ1) is 16.8. The second-order valence-corrected chi connectivity index (χ2v) is 9.33. The number of nitrogens with zero attached hydrogens (tertiary/aromatic N) is 1. The van der Waals surface area contributed by atoms with Crippen LogP contribution in [0.5, 0.6) is 0 Å². The highest BCUT2D eigenvalue weighted by atomic mass is 14.9. The van der Waals surface area contributed by atoms with Crippen molar-refractivity contribution in [3.8, 4) is 6.07 Å². The average molecular weight is 443 g/mol. The molecule has 2 heteroatoms. The van der Waals surface area contributed by atoms with Crippen molar-refractivity contribution in [2.24, 2.45) is 5.41 Å². The molecule has 1 fully saturated rings. The van der Waals surface area contributed by atoms with E-state index >= 15 is 0 Å². The molecule has 1 aliphatic heterocycles. The molecule has 0 atom stereocenters. The zero-order valence-corrected chi connectivity index (χ0v) is 19.5. The molecule has 2 nitrogen and oxygen atoms in total. The highest BCUT2D eigenvalue weighted by Gasteiger charge is 2.55. The minimum Gasteiger partial charge on any atom is -0.317 e. The van der Waals surface area contributed by atoms with Crippen LogP contribution in [0.2, 0.25) is 0 Å². The van der Waals surface area contributed by atoms with Gasteiger partial charge in [0.15, 0.2) is 0 Å². The van der Waals surface area contributed by atoms with E-state index in [1.807, 2.05) is 12.1 Å². The van der Waals surface area contributed by atoms with Gasteiger partial charge in [-0.3, -0.25) is 0 Å². The van der Waals surface area contributed by atoms with Crippen molar-refractivity contribution < 1.29 is 0 Å². The molecule has 0 amide bonds. The molecule has 0 radical (unpaired) electrons. The Morgan fingerprint density at radius 1 is 0.676 bits per heavy atom. The zero-order chi connectivity index (χ0) is 23.3. The first-order valence-electron chi connectivity index (χ1n) is 12.2. The summed E-state index contributed by atoms with van der Waals surface area (Å²) < 4.78 is 0. The van der Waals surface area contributed by atoms with Gasteiger partial charge in [-0.2, -0.15) is 5.26 Å². The van der Waals surface area contributed by atoms with Gasteiger partial charge in [0.2, 0.25) is 0 Å². The number of piperidine rings is 1. The molecule has 4 aromatic rings. The van der Waals surface area contributed by atoms with E-state index in [0.717, 1.165) is 43.5 Å². The number of nitriles is 1. The number of hydrogen-bond donors (Lipinski definition) is 1. The second-order valence-electron chi connectivity index (χ2n) is 9.33.